The van der Waals surface area contributed by atoms with E-state index < -0.39 is 5.82 Å². The maximum atomic E-state index is 14.2. The van der Waals surface area contributed by atoms with Gasteiger partial charge in [-0.3, -0.25) is 4.57 Å². The lowest BCUT2D eigenvalue weighted by Gasteiger charge is -2.17. The van der Waals surface area contributed by atoms with Gasteiger partial charge >= 0.3 is 0 Å². The molecular formula is C17H20ClFN2O2. The van der Waals surface area contributed by atoms with Gasteiger partial charge in [0.15, 0.2) is 11.6 Å². The molecule has 1 heterocycles. The van der Waals surface area contributed by atoms with E-state index in [1.54, 1.807) is 19.2 Å². The fourth-order valence-corrected chi connectivity index (χ4v) is 3.27. The molecule has 2 aromatic rings. The molecule has 124 valence electrons. The third-order valence-corrected chi connectivity index (χ3v) is 4.73. The molecule has 4 nitrogen and oxygen atoms in total. The number of ether oxygens (including phenoxy) is 2. The van der Waals surface area contributed by atoms with Crippen molar-refractivity contribution in [2.45, 2.75) is 32.2 Å². The Bertz CT molecular complexity index is 713. The minimum absolute atomic E-state index is 0.0103. The molecule has 1 aliphatic carbocycles. The van der Waals surface area contributed by atoms with Crippen molar-refractivity contribution >= 4 is 11.6 Å². The van der Waals surface area contributed by atoms with Gasteiger partial charge in [0.25, 0.3) is 6.01 Å². The number of rotatable bonds is 6. The fraction of sp³-hybridized carbons (Fsp3) is 0.471. The van der Waals surface area contributed by atoms with Gasteiger partial charge in [-0.2, -0.15) is 4.98 Å². The quantitative estimate of drug-likeness (QED) is 0.764. The molecule has 1 aromatic heterocycles. The molecule has 1 aliphatic rings. The molecule has 0 aliphatic heterocycles. The Balaban J connectivity index is 2.04. The van der Waals surface area contributed by atoms with Crippen LogP contribution in [-0.2, 0) is 0 Å². The van der Waals surface area contributed by atoms with Crippen LogP contribution in [0.4, 0.5) is 4.39 Å². The van der Waals surface area contributed by atoms with Crippen LogP contribution < -0.4 is 9.47 Å². The van der Waals surface area contributed by atoms with Crippen LogP contribution in [0.5, 0.6) is 11.8 Å². The number of hydrogen-bond acceptors (Lipinski definition) is 3. The molecule has 6 heteroatoms. The Morgan fingerprint density at radius 1 is 1.35 bits per heavy atom. The lowest BCUT2D eigenvalue weighted by Crippen LogP contribution is -2.10. The van der Waals surface area contributed by atoms with E-state index in [2.05, 4.69) is 11.9 Å². The monoisotopic (exact) mass is 338 g/mol. The first-order chi connectivity index (χ1) is 11.1. The zero-order valence-corrected chi connectivity index (χ0v) is 14.2. The van der Waals surface area contributed by atoms with Crippen LogP contribution in [-0.4, -0.2) is 23.8 Å². The maximum absolute atomic E-state index is 14.2. The molecule has 0 amide bonds. The molecule has 1 fully saturated rings. The summed E-state index contributed by atoms with van der Waals surface area (Å²) in [5.41, 5.74) is 1.14. The summed E-state index contributed by atoms with van der Waals surface area (Å²) in [6, 6.07) is 4.16. The van der Waals surface area contributed by atoms with Gasteiger partial charge in [-0.1, -0.05) is 18.5 Å². The third kappa shape index (κ3) is 2.90. The number of hydrogen-bond donors (Lipinski definition) is 0. The number of nitrogens with zero attached hydrogens (tertiary/aromatic N) is 2. The molecule has 1 aromatic carbocycles. The van der Waals surface area contributed by atoms with Gasteiger partial charge in [0.1, 0.15) is 0 Å². The van der Waals surface area contributed by atoms with E-state index >= 15 is 0 Å². The molecule has 0 radical (unpaired) electrons. The van der Waals surface area contributed by atoms with Crippen molar-refractivity contribution < 1.29 is 13.9 Å². The van der Waals surface area contributed by atoms with Crippen molar-refractivity contribution in [2.75, 3.05) is 14.2 Å². The molecule has 1 saturated carbocycles. The van der Waals surface area contributed by atoms with Gasteiger partial charge in [-0.15, -0.1) is 0 Å². The normalized spacial score (nSPS) is 15.5. The Morgan fingerprint density at radius 2 is 2.09 bits per heavy atom. The Kier molecular flexibility index (Phi) is 4.48. The molecule has 1 atom stereocenters. The van der Waals surface area contributed by atoms with Crippen molar-refractivity contribution in [3.8, 4) is 23.0 Å². The van der Waals surface area contributed by atoms with E-state index in [9.17, 15) is 4.39 Å². The Hall–Kier alpha value is -1.75. The maximum Gasteiger partial charge on any atom is 0.296 e. The molecule has 0 spiro atoms. The number of benzene rings is 1. The van der Waals surface area contributed by atoms with Crippen molar-refractivity contribution in [3.05, 3.63) is 29.2 Å². The first kappa shape index (κ1) is 16.1. The highest BCUT2D eigenvalue weighted by atomic mass is 35.5. The standard InChI is InChI=1S/C17H20ClFN2O2/c1-4-13(10-5-6-10)21-9-12(20-17(21)23-3)11-7-8-14(22-2)16(19)15(11)18/h7-10,13H,4-6H2,1-3H3. The van der Waals surface area contributed by atoms with Gasteiger partial charge in [0.05, 0.1) is 24.9 Å². The first-order valence-corrected chi connectivity index (χ1v) is 8.13. The zero-order chi connectivity index (χ0) is 16.6. The van der Waals surface area contributed by atoms with Crippen LogP contribution in [0, 0.1) is 11.7 Å². The summed E-state index contributed by atoms with van der Waals surface area (Å²) in [6.07, 6.45) is 5.36. The van der Waals surface area contributed by atoms with E-state index in [-0.39, 0.29) is 10.8 Å². The van der Waals surface area contributed by atoms with E-state index in [1.165, 1.54) is 20.0 Å². The molecular weight excluding hydrogens is 319 g/mol. The van der Waals surface area contributed by atoms with Crippen LogP contribution in [0.25, 0.3) is 11.3 Å². The van der Waals surface area contributed by atoms with Crippen LogP contribution in [0.1, 0.15) is 32.2 Å². The summed E-state index contributed by atoms with van der Waals surface area (Å²) in [7, 11) is 3.01. The predicted molar refractivity (Wildman–Crippen MR) is 87.8 cm³/mol. The smallest absolute Gasteiger partial charge is 0.296 e. The number of imidazole rings is 1. The molecule has 0 saturated heterocycles. The van der Waals surface area contributed by atoms with Crippen LogP contribution in [0.2, 0.25) is 5.02 Å². The molecule has 23 heavy (non-hydrogen) atoms. The summed E-state index contributed by atoms with van der Waals surface area (Å²) in [6.45, 7) is 2.15. The average Bonchev–Trinajstić information content (AvgIpc) is 3.30. The van der Waals surface area contributed by atoms with Gasteiger partial charge in [-0.05, 0) is 37.3 Å². The molecule has 1 unspecified atom stereocenters. The highest BCUT2D eigenvalue weighted by Crippen LogP contribution is 2.44. The summed E-state index contributed by atoms with van der Waals surface area (Å²) in [4.78, 5) is 4.48. The van der Waals surface area contributed by atoms with Crippen molar-refractivity contribution in [1.29, 1.82) is 0 Å². The zero-order valence-electron chi connectivity index (χ0n) is 13.5. The third-order valence-electron chi connectivity index (χ3n) is 4.37. The topological polar surface area (TPSA) is 36.3 Å². The van der Waals surface area contributed by atoms with Gasteiger partial charge in [0, 0.05) is 17.8 Å². The van der Waals surface area contributed by atoms with Crippen molar-refractivity contribution in [1.82, 2.24) is 9.55 Å². The van der Waals surface area contributed by atoms with Gasteiger partial charge in [-0.25, -0.2) is 4.39 Å². The second-order valence-corrected chi connectivity index (χ2v) is 6.15. The van der Waals surface area contributed by atoms with E-state index in [4.69, 9.17) is 21.1 Å². The first-order valence-electron chi connectivity index (χ1n) is 7.75. The summed E-state index contributed by atoms with van der Waals surface area (Å²) in [5.74, 6) is 0.211. The molecule has 3 rings (SSSR count). The van der Waals surface area contributed by atoms with Crippen LogP contribution >= 0.6 is 11.6 Å². The average molecular weight is 339 g/mol. The van der Waals surface area contributed by atoms with Crippen molar-refractivity contribution in [3.63, 3.8) is 0 Å². The summed E-state index contributed by atoms with van der Waals surface area (Å²) in [5, 5.41) is 0.0103. The molecule has 0 bridgehead atoms. The van der Waals surface area contributed by atoms with Gasteiger partial charge in [0.2, 0.25) is 0 Å². The highest BCUT2D eigenvalue weighted by molar-refractivity contribution is 6.33. The minimum Gasteiger partial charge on any atom is -0.494 e. The summed E-state index contributed by atoms with van der Waals surface area (Å²) >= 11 is 6.16. The lowest BCUT2D eigenvalue weighted by molar-refractivity contribution is 0.318. The van der Waals surface area contributed by atoms with E-state index in [0.717, 1.165) is 6.42 Å². The predicted octanol–water partition coefficient (Wildman–Crippen LogP) is 4.72. The lowest BCUT2D eigenvalue weighted by atomic mass is 10.1. The second kappa shape index (κ2) is 6.40. The Morgan fingerprint density at radius 3 is 2.65 bits per heavy atom. The summed E-state index contributed by atoms with van der Waals surface area (Å²) < 4.78 is 26.6. The largest absolute Gasteiger partial charge is 0.494 e. The van der Waals surface area contributed by atoms with Gasteiger partial charge < -0.3 is 9.47 Å². The SMILES string of the molecule is CCC(C1CC1)n1cc(-c2ccc(OC)c(F)c2Cl)nc1OC. The number of methoxy groups -OCH3 is 2. The number of aromatic nitrogens is 2. The van der Waals surface area contributed by atoms with E-state index in [1.807, 2.05) is 10.8 Å². The van der Waals surface area contributed by atoms with Crippen molar-refractivity contribution in [2.24, 2.45) is 5.92 Å². The number of halogens is 2. The fourth-order valence-electron chi connectivity index (χ4n) is 3.02. The highest BCUT2D eigenvalue weighted by Gasteiger charge is 2.33. The van der Waals surface area contributed by atoms with E-state index in [0.29, 0.717) is 29.2 Å². The van der Waals surface area contributed by atoms with Crippen LogP contribution in [0.15, 0.2) is 18.3 Å². The second-order valence-electron chi connectivity index (χ2n) is 5.78. The Labute approximate surface area is 140 Å². The molecule has 0 N–H and O–H groups in total. The van der Waals surface area contributed by atoms with Crippen LogP contribution in [0.3, 0.4) is 0 Å². The minimum atomic E-state index is -0.575.